The summed E-state index contributed by atoms with van der Waals surface area (Å²) >= 11 is 6.00. The van der Waals surface area contributed by atoms with E-state index >= 15 is 0 Å². The Labute approximate surface area is 107 Å². The number of aliphatic hydroxyl groups is 1. The van der Waals surface area contributed by atoms with Crippen LogP contribution in [0, 0.1) is 12.8 Å². The molecular formula is C13H18ClNO2. The quantitative estimate of drug-likeness (QED) is 0.849. The van der Waals surface area contributed by atoms with Gasteiger partial charge in [-0.1, -0.05) is 24.6 Å². The number of carbonyl (C=O) groups is 1. The van der Waals surface area contributed by atoms with Gasteiger partial charge in [0.05, 0.1) is 10.6 Å². The van der Waals surface area contributed by atoms with Crippen molar-refractivity contribution in [1.29, 1.82) is 0 Å². The van der Waals surface area contributed by atoms with Crippen LogP contribution in [0.4, 0.5) is 0 Å². The molecule has 1 rings (SSSR count). The third-order valence-electron chi connectivity index (χ3n) is 2.60. The van der Waals surface area contributed by atoms with Gasteiger partial charge < -0.3 is 10.4 Å². The normalized spacial score (nSPS) is 12.2. The van der Waals surface area contributed by atoms with E-state index in [1.807, 2.05) is 19.9 Å². The van der Waals surface area contributed by atoms with Gasteiger partial charge in [-0.15, -0.1) is 0 Å². The average molecular weight is 256 g/mol. The van der Waals surface area contributed by atoms with Gasteiger partial charge in [-0.2, -0.15) is 0 Å². The summed E-state index contributed by atoms with van der Waals surface area (Å²) in [6.45, 7) is 4.59. The van der Waals surface area contributed by atoms with Crippen molar-refractivity contribution >= 4 is 17.5 Å². The zero-order valence-electron chi connectivity index (χ0n) is 10.2. The van der Waals surface area contributed by atoms with Gasteiger partial charge >= 0.3 is 0 Å². The van der Waals surface area contributed by atoms with Gasteiger partial charge in [-0.25, -0.2) is 0 Å². The zero-order valence-corrected chi connectivity index (χ0v) is 10.9. The summed E-state index contributed by atoms with van der Waals surface area (Å²) in [5.41, 5.74) is 1.52. The van der Waals surface area contributed by atoms with Crippen molar-refractivity contribution in [2.24, 2.45) is 5.92 Å². The molecule has 0 saturated heterocycles. The van der Waals surface area contributed by atoms with E-state index in [0.29, 0.717) is 23.6 Å². The summed E-state index contributed by atoms with van der Waals surface area (Å²) in [6.07, 6.45) is 0.682. The second-order valence-corrected chi connectivity index (χ2v) is 4.72. The fourth-order valence-electron chi connectivity index (χ4n) is 1.49. The number of aliphatic hydroxyl groups excluding tert-OH is 1. The summed E-state index contributed by atoms with van der Waals surface area (Å²) in [5, 5.41) is 12.0. The molecule has 0 fully saturated rings. The van der Waals surface area contributed by atoms with E-state index in [2.05, 4.69) is 5.32 Å². The molecule has 1 aromatic carbocycles. The predicted molar refractivity (Wildman–Crippen MR) is 69.4 cm³/mol. The van der Waals surface area contributed by atoms with Crippen LogP contribution in [0.2, 0.25) is 5.02 Å². The van der Waals surface area contributed by atoms with Gasteiger partial charge in [0.1, 0.15) is 0 Å². The Morgan fingerprint density at radius 2 is 2.24 bits per heavy atom. The molecule has 1 amide bonds. The first-order valence-electron chi connectivity index (χ1n) is 5.69. The van der Waals surface area contributed by atoms with Gasteiger partial charge in [-0.05, 0) is 37.0 Å². The van der Waals surface area contributed by atoms with E-state index in [-0.39, 0.29) is 18.4 Å². The van der Waals surface area contributed by atoms with E-state index in [9.17, 15) is 4.79 Å². The number of benzene rings is 1. The van der Waals surface area contributed by atoms with E-state index in [1.165, 1.54) is 0 Å². The maximum Gasteiger partial charge on any atom is 0.252 e. The van der Waals surface area contributed by atoms with Gasteiger partial charge in [0.25, 0.3) is 5.91 Å². The molecule has 17 heavy (non-hydrogen) atoms. The van der Waals surface area contributed by atoms with Gasteiger partial charge in [0.2, 0.25) is 0 Å². The minimum absolute atomic E-state index is 0.141. The third-order valence-corrected chi connectivity index (χ3v) is 2.91. The largest absolute Gasteiger partial charge is 0.396 e. The summed E-state index contributed by atoms with van der Waals surface area (Å²) < 4.78 is 0. The summed E-state index contributed by atoms with van der Waals surface area (Å²) in [5.74, 6) is 0.0907. The first-order chi connectivity index (χ1) is 8.04. The molecule has 1 atom stereocenters. The SMILES string of the molecule is Cc1ccc(C(=O)NC[C@@H](C)CCO)c(Cl)c1. The lowest BCUT2D eigenvalue weighted by Crippen LogP contribution is -2.28. The molecule has 4 heteroatoms. The lowest BCUT2D eigenvalue weighted by Gasteiger charge is -2.12. The highest BCUT2D eigenvalue weighted by Gasteiger charge is 2.11. The standard InChI is InChI=1S/C13H18ClNO2/c1-9-3-4-11(12(14)7-9)13(17)15-8-10(2)5-6-16/h3-4,7,10,16H,5-6,8H2,1-2H3,(H,15,17)/t10-/m0/s1. The van der Waals surface area contributed by atoms with Crippen LogP contribution in [0.25, 0.3) is 0 Å². The fourth-order valence-corrected chi connectivity index (χ4v) is 1.81. The molecule has 0 heterocycles. The number of hydrogen-bond donors (Lipinski definition) is 2. The molecular weight excluding hydrogens is 238 g/mol. The molecule has 2 N–H and O–H groups in total. The van der Waals surface area contributed by atoms with Crippen molar-refractivity contribution in [1.82, 2.24) is 5.32 Å². The Bertz CT molecular complexity index is 393. The lowest BCUT2D eigenvalue weighted by molar-refractivity contribution is 0.0945. The van der Waals surface area contributed by atoms with Crippen LogP contribution in [0.5, 0.6) is 0 Å². The van der Waals surface area contributed by atoms with Crippen LogP contribution in [0.15, 0.2) is 18.2 Å². The summed E-state index contributed by atoms with van der Waals surface area (Å²) in [4.78, 5) is 11.8. The highest BCUT2D eigenvalue weighted by molar-refractivity contribution is 6.33. The molecule has 0 unspecified atom stereocenters. The number of amides is 1. The number of aryl methyl sites for hydroxylation is 1. The van der Waals surface area contributed by atoms with Crippen LogP contribution in [0.3, 0.4) is 0 Å². The molecule has 1 aromatic rings. The van der Waals surface area contributed by atoms with Gasteiger partial charge in [-0.3, -0.25) is 4.79 Å². The maximum absolute atomic E-state index is 11.8. The zero-order chi connectivity index (χ0) is 12.8. The van der Waals surface area contributed by atoms with Crippen LogP contribution in [-0.4, -0.2) is 24.2 Å². The van der Waals surface area contributed by atoms with Crippen molar-refractivity contribution < 1.29 is 9.90 Å². The van der Waals surface area contributed by atoms with Crippen LogP contribution in [0.1, 0.15) is 29.3 Å². The first kappa shape index (κ1) is 14.0. The molecule has 94 valence electrons. The number of carbonyl (C=O) groups excluding carboxylic acids is 1. The number of rotatable bonds is 5. The molecule has 0 radical (unpaired) electrons. The topological polar surface area (TPSA) is 49.3 Å². The van der Waals surface area contributed by atoms with Crippen LogP contribution in [-0.2, 0) is 0 Å². The smallest absolute Gasteiger partial charge is 0.252 e. The highest BCUT2D eigenvalue weighted by atomic mass is 35.5. The minimum Gasteiger partial charge on any atom is -0.396 e. The van der Waals surface area contributed by atoms with Crippen LogP contribution < -0.4 is 5.32 Å². The lowest BCUT2D eigenvalue weighted by atomic mass is 10.1. The average Bonchev–Trinajstić information content (AvgIpc) is 2.26. The van der Waals surface area contributed by atoms with E-state index < -0.39 is 0 Å². The third kappa shape index (κ3) is 4.36. The van der Waals surface area contributed by atoms with Crippen molar-refractivity contribution in [2.45, 2.75) is 20.3 Å². The molecule has 3 nitrogen and oxygen atoms in total. The molecule has 0 spiro atoms. The van der Waals surface area contributed by atoms with E-state index in [4.69, 9.17) is 16.7 Å². The van der Waals surface area contributed by atoms with Crippen molar-refractivity contribution in [3.63, 3.8) is 0 Å². The Morgan fingerprint density at radius 3 is 2.82 bits per heavy atom. The van der Waals surface area contributed by atoms with Crippen LogP contribution >= 0.6 is 11.6 Å². The Morgan fingerprint density at radius 1 is 1.53 bits per heavy atom. The van der Waals surface area contributed by atoms with E-state index in [0.717, 1.165) is 5.56 Å². The molecule has 0 aromatic heterocycles. The number of nitrogens with one attached hydrogen (secondary N) is 1. The fraction of sp³-hybridized carbons (Fsp3) is 0.462. The Kier molecular flexibility index (Phi) is 5.45. The molecule has 0 aliphatic carbocycles. The van der Waals surface area contributed by atoms with Crippen molar-refractivity contribution in [2.75, 3.05) is 13.2 Å². The Hall–Kier alpha value is -1.06. The highest BCUT2D eigenvalue weighted by Crippen LogP contribution is 2.17. The number of hydrogen-bond acceptors (Lipinski definition) is 2. The van der Waals surface area contributed by atoms with Gasteiger partial charge in [0.15, 0.2) is 0 Å². The number of halogens is 1. The maximum atomic E-state index is 11.8. The molecule has 0 saturated carbocycles. The Balaban J connectivity index is 2.58. The van der Waals surface area contributed by atoms with Gasteiger partial charge in [0, 0.05) is 13.2 Å². The molecule has 0 aliphatic heterocycles. The molecule has 0 aliphatic rings. The second-order valence-electron chi connectivity index (χ2n) is 4.31. The minimum atomic E-state index is -0.167. The summed E-state index contributed by atoms with van der Waals surface area (Å²) in [7, 11) is 0. The second kappa shape index (κ2) is 6.62. The van der Waals surface area contributed by atoms with Crippen molar-refractivity contribution in [3.8, 4) is 0 Å². The summed E-state index contributed by atoms with van der Waals surface area (Å²) in [6, 6.07) is 5.36. The molecule has 0 bridgehead atoms. The monoisotopic (exact) mass is 255 g/mol. The predicted octanol–water partition coefficient (Wildman–Crippen LogP) is 2.40. The first-order valence-corrected chi connectivity index (χ1v) is 6.07. The van der Waals surface area contributed by atoms with Crippen molar-refractivity contribution in [3.05, 3.63) is 34.3 Å². The van der Waals surface area contributed by atoms with E-state index in [1.54, 1.807) is 12.1 Å².